The molecule has 0 amide bonds. The standard InChI is InChI=1S/C20H32O3Si/c1-8-13-17(19(21)22-9-2)18(16-14-11-10-12-15-16)23-24(6,7)20(3,4)5/h8,10-12,14-15,17-18H,1,9,13H2,2-7H3/t17-,18+/m1/s1. The largest absolute Gasteiger partial charge is 0.466 e. The Hall–Kier alpha value is -1.39. The zero-order valence-electron chi connectivity index (χ0n) is 16.0. The van der Waals surface area contributed by atoms with E-state index in [-0.39, 0.29) is 23.0 Å². The SMILES string of the molecule is C=CC[C@@H](C(=O)OCC)[C@@H](O[Si](C)(C)C(C)(C)C)c1ccccc1. The summed E-state index contributed by atoms with van der Waals surface area (Å²) in [6.45, 7) is 17.0. The summed E-state index contributed by atoms with van der Waals surface area (Å²) in [7, 11) is -2.05. The van der Waals surface area contributed by atoms with Gasteiger partial charge in [0.05, 0.1) is 18.6 Å². The molecular weight excluding hydrogens is 316 g/mol. The molecule has 3 nitrogen and oxygen atoms in total. The number of hydrogen-bond acceptors (Lipinski definition) is 3. The first-order chi connectivity index (χ1) is 11.1. The predicted molar refractivity (Wildman–Crippen MR) is 102 cm³/mol. The van der Waals surface area contributed by atoms with E-state index in [1.165, 1.54) is 0 Å². The van der Waals surface area contributed by atoms with E-state index in [1.807, 2.05) is 37.3 Å². The van der Waals surface area contributed by atoms with E-state index in [4.69, 9.17) is 9.16 Å². The number of hydrogen-bond donors (Lipinski definition) is 0. The van der Waals surface area contributed by atoms with Crippen molar-refractivity contribution in [3.63, 3.8) is 0 Å². The van der Waals surface area contributed by atoms with Crippen molar-refractivity contribution in [3.8, 4) is 0 Å². The average Bonchev–Trinajstić information content (AvgIpc) is 2.50. The van der Waals surface area contributed by atoms with Gasteiger partial charge < -0.3 is 9.16 Å². The minimum atomic E-state index is -2.05. The third kappa shape index (κ3) is 5.31. The molecule has 4 heteroatoms. The van der Waals surface area contributed by atoms with Gasteiger partial charge in [0.25, 0.3) is 0 Å². The van der Waals surface area contributed by atoms with Gasteiger partial charge in [-0.2, -0.15) is 0 Å². The van der Waals surface area contributed by atoms with Crippen molar-refractivity contribution in [2.24, 2.45) is 5.92 Å². The Balaban J connectivity index is 3.26. The second-order valence-electron chi connectivity index (χ2n) is 7.59. The molecule has 0 bridgehead atoms. The van der Waals surface area contributed by atoms with Gasteiger partial charge in [-0.05, 0) is 37.0 Å². The Kier molecular flexibility index (Phi) is 7.43. The summed E-state index contributed by atoms with van der Waals surface area (Å²) in [5.74, 6) is -0.594. The number of carbonyl (C=O) groups excluding carboxylic acids is 1. The molecule has 0 spiro atoms. The van der Waals surface area contributed by atoms with E-state index in [0.717, 1.165) is 5.56 Å². The lowest BCUT2D eigenvalue weighted by Crippen LogP contribution is -2.44. The van der Waals surface area contributed by atoms with E-state index in [2.05, 4.69) is 40.4 Å². The van der Waals surface area contributed by atoms with Gasteiger partial charge in [0.1, 0.15) is 0 Å². The zero-order valence-corrected chi connectivity index (χ0v) is 17.0. The summed E-state index contributed by atoms with van der Waals surface area (Å²) < 4.78 is 12.0. The fourth-order valence-electron chi connectivity index (χ4n) is 2.29. The molecule has 0 N–H and O–H groups in total. The van der Waals surface area contributed by atoms with Crippen molar-refractivity contribution >= 4 is 14.3 Å². The highest BCUT2D eigenvalue weighted by Gasteiger charge is 2.42. The maximum atomic E-state index is 12.5. The first-order valence-electron chi connectivity index (χ1n) is 8.64. The normalized spacial score (nSPS) is 14.8. The number of allylic oxidation sites excluding steroid dienone is 1. The van der Waals surface area contributed by atoms with Gasteiger partial charge in [0.15, 0.2) is 8.32 Å². The van der Waals surface area contributed by atoms with Crippen LogP contribution in [0.3, 0.4) is 0 Å². The fraction of sp³-hybridized carbons (Fsp3) is 0.550. The second-order valence-corrected chi connectivity index (χ2v) is 12.3. The fourth-order valence-corrected chi connectivity index (χ4v) is 3.58. The summed E-state index contributed by atoms with van der Waals surface area (Å²) in [5, 5.41) is 0.0629. The molecule has 0 heterocycles. The van der Waals surface area contributed by atoms with Crippen molar-refractivity contribution in [2.75, 3.05) is 6.61 Å². The number of carbonyl (C=O) groups is 1. The Bertz CT molecular complexity index is 532. The van der Waals surface area contributed by atoms with Crippen LogP contribution in [0.2, 0.25) is 18.1 Å². The van der Waals surface area contributed by atoms with Crippen LogP contribution >= 0.6 is 0 Å². The molecule has 0 aliphatic carbocycles. The molecule has 0 saturated heterocycles. The molecule has 1 aromatic rings. The number of benzene rings is 1. The maximum Gasteiger partial charge on any atom is 0.312 e. The molecular formula is C20H32O3Si. The van der Waals surface area contributed by atoms with Crippen LogP contribution in [0.1, 0.15) is 45.8 Å². The molecule has 1 aromatic carbocycles. The van der Waals surface area contributed by atoms with Gasteiger partial charge in [-0.3, -0.25) is 4.79 Å². The van der Waals surface area contributed by atoms with E-state index in [9.17, 15) is 4.79 Å². The minimum Gasteiger partial charge on any atom is -0.466 e. The monoisotopic (exact) mass is 348 g/mol. The molecule has 0 aromatic heterocycles. The Labute approximate surface area is 148 Å². The topological polar surface area (TPSA) is 35.5 Å². The van der Waals surface area contributed by atoms with Gasteiger partial charge in [0.2, 0.25) is 0 Å². The van der Waals surface area contributed by atoms with Gasteiger partial charge in [0, 0.05) is 0 Å². The average molecular weight is 349 g/mol. The van der Waals surface area contributed by atoms with Crippen molar-refractivity contribution in [2.45, 2.75) is 58.4 Å². The van der Waals surface area contributed by atoms with Crippen molar-refractivity contribution in [1.29, 1.82) is 0 Å². The molecule has 0 aliphatic rings. The summed E-state index contributed by atoms with van der Waals surface area (Å²) >= 11 is 0. The molecule has 0 aliphatic heterocycles. The molecule has 2 atom stereocenters. The third-order valence-electron chi connectivity index (χ3n) is 4.73. The maximum absolute atomic E-state index is 12.5. The smallest absolute Gasteiger partial charge is 0.312 e. The van der Waals surface area contributed by atoms with Gasteiger partial charge >= 0.3 is 5.97 Å². The summed E-state index contributed by atoms with van der Waals surface area (Å²) in [6.07, 6.45) is 1.99. The molecule has 0 unspecified atom stereocenters. The van der Waals surface area contributed by atoms with E-state index < -0.39 is 8.32 Å². The van der Waals surface area contributed by atoms with E-state index >= 15 is 0 Å². The van der Waals surface area contributed by atoms with Crippen molar-refractivity contribution in [1.82, 2.24) is 0 Å². The molecule has 24 heavy (non-hydrogen) atoms. The number of ether oxygens (including phenoxy) is 1. The van der Waals surface area contributed by atoms with Crippen LogP contribution in [0.5, 0.6) is 0 Å². The van der Waals surface area contributed by atoms with Crippen molar-refractivity contribution in [3.05, 3.63) is 48.6 Å². The minimum absolute atomic E-state index is 0.0629. The first kappa shape index (κ1) is 20.7. The van der Waals surface area contributed by atoms with Crippen LogP contribution in [0.25, 0.3) is 0 Å². The molecule has 0 radical (unpaired) electrons. The van der Waals surface area contributed by atoms with E-state index in [1.54, 1.807) is 6.08 Å². The summed E-state index contributed by atoms with van der Waals surface area (Å²) in [6, 6.07) is 9.97. The Morgan fingerprint density at radius 3 is 2.29 bits per heavy atom. The zero-order chi connectivity index (χ0) is 18.4. The second kappa shape index (κ2) is 8.63. The van der Waals surface area contributed by atoms with E-state index in [0.29, 0.717) is 13.0 Å². The van der Waals surface area contributed by atoms with Gasteiger partial charge in [-0.1, -0.05) is 57.2 Å². The molecule has 0 saturated carbocycles. The predicted octanol–water partition coefficient (Wildman–Crippen LogP) is 5.50. The Morgan fingerprint density at radius 1 is 1.25 bits per heavy atom. The lowest BCUT2D eigenvalue weighted by Gasteiger charge is -2.41. The van der Waals surface area contributed by atoms with Crippen LogP contribution in [0, 0.1) is 5.92 Å². The summed E-state index contributed by atoms with van der Waals surface area (Å²) in [4.78, 5) is 12.5. The quantitative estimate of drug-likeness (QED) is 0.353. The molecule has 1 rings (SSSR count). The van der Waals surface area contributed by atoms with Crippen LogP contribution in [-0.2, 0) is 14.0 Å². The highest BCUT2D eigenvalue weighted by Crippen LogP contribution is 2.42. The summed E-state index contributed by atoms with van der Waals surface area (Å²) in [5.41, 5.74) is 1.02. The highest BCUT2D eigenvalue weighted by atomic mass is 28.4. The lowest BCUT2D eigenvalue weighted by atomic mass is 9.93. The van der Waals surface area contributed by atoms with Crippen molar-refractivity contribution < 1.29 is 14.0 Å². The number of esters is 1. The number of rotatable bonds is 8. The lowest BCUT2D eigenvalue weighted by molar-refractivity contribution is -0.151. The van der Waals surface area contributed by atoms with Crippen LogP contribution < -0.4 is 0 Å². The van der Waals surface area contributed by atoms with Crippen LogP contribution in [0.15, 0.2) is 43.0 Å². The highest BCUT2D eigenvalue weighted by molar-refractivity contribution is 6.74. The molecule has 0 fully saturated rings. The molecule has 134 valence electrons. The van der Waals surface area contributed by atoms with Gasteiger partial charge in [-0.15, -0.1) is 6.58 Å². The first-order valence-corrected chi connectivity index (χ1v) is 11.5. The Morgan fingerprint density at radius 2 is 1.83 bits per heavy atom. The third-order valence-corrected chi connectivity index (χ3v) is 9.19. The van der Waals surface area contributed by atoms with Crippen LogP contribution in [-0.4, -0.2) is 20.9 Å². The van der Waals surface area contributed by atoms with Crippen LogP contribution in [0.4, 0.5) is 0 Å². The van der Waals surface area contributed by atoms with Gasteiger partial charge in [-0.25, -0.2) is 0 Å².